The van der Waals surface area contributed by atoms with Crippen LogP contribution in [0.5, 0.6) is 11.5 Å². The lowest BCUT2D eigenvalue weighted by Gasteiger charge is -2.10. The van der Waals surface area contributed by atoms with Gasteiger partial charge in [0.15, 0.2) is 11.5 Å². The van der Waals surface area contributed by atoms with E-state index in [0.29, 0.717) is 6.61 Å². The summed E-state index contributed by atoms with van der Waals surface area (Å²) in [6.45, 7) is 0.585. The summed E-state index contributed by atoms with van der Waals surface area (Å²) in [6, 6.07) is 10.0. The SMILES string of the molecule is COc1cc(CBr)ccc1OCc1cccs1. The summed E-state index contributed by atoms with van der Waals surface area (Å²) < 4.78 is 11.1. The molecule has 0 aliphatic heterocycles. The minimum absolute atomic E-state index is 0.585. The van der Waals surface area contributed by atoms with Crippen molar-refractivity contribution in [3.05, 3.63) is 46.2 Å². The van der Waals surface area contributed by atoms with Gasteiger partial charge in [-0.1, -0.05) is 28.1 Å². The van der Waals surface area contributed by atoms with Crippen LogP contribution in [0, 0.1) is 0 Å². The first-order valence-corrected chi connectivity index (χ1v) is 7.21. The molecule has 0 amide bonds. The quantitative estimate of drug-likeness (QED) is 0.769. The van der Waals surface area contributed by atoms with Gasteiger partial charge in [-0.05, 0) is 29.1 Å². The van der Waals surface area contributed by atoms with Crippen molar-refractivity contribution >= 4 is 27.3 Å². The normalized spacial score (nSPS) is 10.2. The number of hydrogen-bond donors (Lipinski definition) is 0. The molecule has 0 aliphatic carbocycles. The van der Waals surface area contributed by atoms with Crippen LogP contribution < -0.4 is 9.47 Å². The Labute approximate surface area is 113 Å². The van der Waals surface area contributed by atoms with Crippen LogP contribution in [-0.2, 0) is 11.9 Å². The number of methoxy groups -OCH3 is 1. The molecule has 0 N–H and O–H groups in total. The zero-order valence-electron chi connectivity index (χ0n) is 9.48. The summed E-state index contributed by atoms with van der Waals surface area (Å²) in [5.74, 6) is 1.56. The van der Waals surface area contributed by atoms with E-state index in [1.807, 2.05) is 29.6 Å². The van der Waals surface area contributed by atoms with Crippen molar-refractivity contribution < 1.29 is 9.47 Å². The van der Waals surface area contributed by atoms with Crippen LogP contribution in [0.3, 0.4) is 0 Å². The molecule has 0 saturated carbocycles. The number of benzene rings is 1. The van der Waals surface area contributed by atoms with E-state index in [9.17, 15) is 0 Å². The van der Waals surface area contributed by atoms with Crippen molar-refractivity contribution in [1.82, 2.24) is 0 Å². The summed E-state index contributed by atoms with van der Waals surface area (Å²) in [7, 11) is 1.66. The predicted octanol–water partition coefficient (Wildman–Crippen LogP) is 4.23. The minimum Gasteiger partial charge on any atom is -0.493 e. The van der Waals surface area contributed by atoms with Crippen molar-refractivity contribution in [1.29, 1.82) is 0 Å². The smallest absolute Gasteiger partial charge is 0.161 e. The number of hydrogen-bond acceptors (Lipinski definition) is 3. The number of halogens is 1. The molecular weight excluding hydrogens is 300 g/mol. The number of alkyl halides is 1. The average Bonchev–Trinajstić information content (AvgIpc) is 2.89. The van der Waals surface area contributed by atoms with Gasteiger partial charge in [0, 0.05) is 10.2 Å². The highest BCUT2D eigenvalue weighted by atomic mass is 79.9. The molecule has 0 aliphatic rings. The predicted molar refractivity (Wildman–Crippen MR) is 74.3 cm³/mol. The second-order valence-corrected chi connectivity index (χ2v) is 5.08. The van der Waals surface area contributed by atoms with Gasteiger partial charge in [-0.3, -0.25) is 0 Å². The summed E-state index contributed by atoms with van der Waals surface area (Å²) >= 11 is 5.11. The first-order valence-electron chi connectivity index (χ1n) is 5.21. The Balaban J connectivity index is 2.09. The highest BCUT2D eigenvalue weighted by molar-refractivity contribution is 9.08. The lowest BCUT2D eigenvalue weighted by atomic mass is 10.2. The molecule has 17 heavy (non-hydrogen) atoms. The first kappa shape index (κ1) is 12.5. The van der Waals surface area contributed by atoms with Gasteiger partial charge in [-0.25, -0.2) is 0 Å². The third-order valence-corrected chi connectivity index (χ3v) is 3.83. The van der Waals surface area contributed by atoms with Crippen molar-refractivity contribution in [2.45, 2.75) is 11.9 Å². The van der Waals surface area contributed by atoms with Crippen LogP contribution in [0.1, 0.15) is 10.4 Å². The maximum absolute atomic E-state index is 5.74. The largest absolute Gasteiger partial charge is 0.493 e. The molecule has 1 aromatic heterocycles. The number of thiophene rings is 1. The van der Waals surface area contributed by atoms with E-state index >= 15 is 0 Å². The Kier molecular flexibility index (Phi) is 4.45. The molecule has 0 fully saturated rings. The zero-order valence-corrected chi connectivity index (χ0v) is 11.9. The minimum atomic E-state index is 0.585. The average molecular weight is 313 g/mol. The standard InChI is InChI=1S/C13H13BrO2S/c1-15-13-7-10(8-14)4-5-12(13)16-9-11-3-2-6-17-11/h2-7H,8-9H2,1H3. The second-order valence-electron chi connectivity index (χ2n) is 3.49. The Morgan fingerprint density at radius 2 is 2.12 bits per heavy atom. The molecule has 0 unspecified atom stereocenters. The van der Waals surface area contributed by atoms with Crippen LogP contribution in [0.2, 0.25) is 0 Å². The van der Waals surface area contributed by atoms with Gasteiger partial charge in [0.1, 0.15) is 6.61 Å². The third kappa shape index (κ3) is 3.23. The summed E-state index contributed by atoms with van der Waals surface area (Å²) in [5, 5.41) is 2.86. The van der Waals surface area contributed by atoms with Crippen LogP contribution >= 0.6 is 27.3 Å². The fourth-order valence-corrected chi connectivity index (χ4v) is 2.42. The Bertz CT molecular complexity index is 468. The summed E-state index contributed by atoms with van der Waals surface area (Å²) in [6.07, 6.45) is 0. The molecule has 4 heteroatoms. The van der Waals surface area contributed by atoms with E-state index in [1.165, 1.54) is 10.4 Å². The van der Waals surface area contributed by atoms with Crippen molar-refractivity contribution in [2.24, 2.45) is 0 Å². The van der Waals surface area contributed by atoms with E-state index in [0.717, 1.165) is 16.8 Å². The van der Waals surface area contributed by atoms with Crippen LogP contribution in [0.15, 0.2) is 35.7 Å². The number of rotatable bonds is 5. The van der Waals surface area contributed by atoms with Gasteiger partial charge >= 0.3 is 0 Å². The molecule has 1 aromatic carbocycles. The summed E-state index contributed by atoms with van der Waals surface area (Å²) in [4.78, 5) is 1.21. The molecule has 0 saturated heterocycles. The van der Waals surface area contributed by atoms with Gasteiger partial charge in [0.2, 0.25) is 0 Å². The number of ether oxygens (including phenoxy) is 2. The molecule has 2 rings (SSSR count). The lowest BCUT2D eigenvalue weighted by Crippen LogP contribution is -1.96. The Morgan fingerprint density at radius 1 is 1.24 bits per heavy atom. The first-order chi connectivity index (χ1) is 8.33. The molecule has 0 bridgehead atoms. The van der Waals surface area contributed by atoms with Crippen LogP contribution in [-0.4, -0.2) is 7.11 Å². The van der Waals surface area contributed by atoms with Crippen molar-refractivity contribution in [2.75, 3.05) is 7.11 Å². The fourth-order valence-electron chi connectivity index (χ4n) is 1.46. The van der Waals surface area contributed by atoms with E-state index < -0.39 is 0 Å². The van der Waals surface area contributed by atoms with E-state index in [1.54, 1.807) is 18.4 Å². The third-order valence-electron chi connectivity index (χ3n) is 2.33. The molecule has 2 aromatic rings. The second kappa shape index (κ2) is 6.07. The van der Waals surface area contributed by atoms with Gasteiger partial charge < -0.3 is 9.47 Å². The maximum Gasteiger partial charge on any atom is 0.161 e. The molecule has 0 spiro atoms. The molecule has 2 nitrogen and oxygen atoms in total. The maximum atomic E-state index is 5.74. The van der Waals surface area contributed by atoms with Gasteiger partial charge in [-0.15, -0.1) is 11.3 Å². The topological polar surface area (TPSA) is 18.5 Å². The molecule has 0 radical (unpaired) electrons. The van der Waals surface area contributed by atoms with E-state index in [2.05, 4.69) is 22.0 Å². The van der Waals surface area contributed by atoms with Crippen molar-refractivity contribution in [3.63, 3.8) is 0 Å². The fraction of sp³-hybridized carbons (Fsp3) is 0.231. The van der Waals surface area contributed by atoms with E-state index in [4.69, 9.17) is 9.47 Å². The van der Waals surface area contributed by atoms with Gasteiger partial charge in [0.25, 0.3) is 0 Å². The lowest BCUT2D eigenvalue weighted by molar-refractivity contribution is 0.287. The molecule has 0 atom stereocenters. The molecule has 90 valence electrons. The summed E-state index contributed by atoms with van der Waals surface area (Å²) in [5.41, 5.74) is 1.17. The van der Waals surface area contributed by atoms with Gasteiger partial charge in [0.05, 0.1) is 7.11 Å². The highest BCUT2D eigenvalue weighted by Gasteiger charge is 2.05. The zero-order chi connectivity index (χ0) is 12.1. The monoisotopic (exact) mass is 312 g/mol. The van der Waals surface area contributed by atoms with Crippen LogP contribution in [0.25, 0.3) is 0 Å². The molecule has 1 heterocycles. The van der Waals surface area contributed by atoms with Crippen molar-refractivity contribution in [3.8, 4) is 11.5 Å². The van der Waals surface area contributed by atoms with Gasteiger partial charge in [-0.2, -0.15) is 0 Å². The van der Waals surface area contributed by atoms with E-state index in [-0.39, 0.29) is 0 Å². The molecular formula is C13H13BrO2S. The van der Waals surface area contributed by atoms with Crippen LogP contribution in [0.4, 0.5) is 0 Å². The Morgan fingerprint density at radius 3 is 2.76 bits per heavy atom. The Hall–Kier alpha value is -1.00. The highest BCUT2D eigenvalue weighted by Crippen LogP contribution is 2.29.